The lowest BCUT2D eigenvalue weighted by molar-refractivity contribution is -0.174. The minimum Gasteiger partial charge on any atom is -0.489 e. The number of nitriles is 1. The maximum atomic E-state index is 15.5. The van der Waals surface area contributed by atoms with E-state index < -0.39 is 6.17 Å². The van der Waals surface area contributed by atoms with E-state index in [-0.39, 0.29) is 83.0 Å². The number of amides is 1. The molecule has 0 aromatic heterocycles. The van der Waals surface area contributed by atoms with E-state index in [1.165, 1.54) is 0 Å². The van der Waals surface area contributed by atoms with E-state index in [4.69, 9.17) is 26.1 Å². The highest BCUT2D eigenvalue weighted by Crippen LogP contribution is 2.56. The average molecular weight is 907 g/mol. The van der Waals surface area contributed by atoms with Crippen molar-refractivity contribution < 1.29 is 18.7 Å². The van der Waals surface area contributed by atoms with Crippen molar-refractivity contribution in [3.05, 3.63) is 58.6 Å². The summed E-state index contributed by atoms with van der Waals surface area (Å²) in [6.07, 6.45) is -0.0138. The zero-order chi connectivity index (χ0) is 44.4. The van der Waals surface area contributed by atoms with Gasteiger partial charge in [0.05, 0.1) is 46.9 Å². The minimum atomic E-state index is -0.984. The number of alkyl halides is 1. The molecule has 6 fully saturated rings. The van der Waals surface area contributed by atoms with Crippen molar-refractivity contribution in [1.82, 2.24) is 42.3 Å². The van der Waals surface area contributed by atoms with Crippen LogP contribution < -0.4 is 47.1 Å². The summed E-state index contributed by atoms with van der Waals surface area (Å²) in [5.41, 5.74) is 10.1. The highest BCUT2D eigenvalue weighted by molar-refractivity contribution is 8.00. The third-order valence-corrected chi connectivity index (χ3v) is 17.0. The first-order valence-electron chi connectivity index (χ1n) is 22.9. The second kappa shape index (κ2) is 18.0. The Morgan fingerprint density at radius 3 is 2.49 bits per heavy atom. The Kier molecular flexibility index (Phi) is 12.9. The minimum absolute atomic E-state index is 0.00739. The van der Waals surface area contributed by atoms with E-state index in [0.29, 0.717) is 60.1 Å². The fraction of sp³-hybridized carbons (Fsp3) is 0.674. The molecule has 0 radical (unpaired) electrons. The molecular formula is C46H65ClFN11O3S. The van der Waals surface area contributed by atoms with Crippen molar-refractivity contribution in [2.24, 2.45) is 33.6 Å². The molecule has 2 aromatic rings. The molecule has 7 N–H and O–H groups in total. The number of piperidine rings is 1. The third-order valence-electron chi connectivity index (χ3n) is 15.0. The van der Waals surface area contributed by atoms with Crippen molar-refractivity contribution in [3.63, 3.8) is 0 Å². The molecule has 63 heavy (non-hydrogen) atoms. The van der Waals surface area contributed by atoms with Gasteiger partial charge in [0.15, 0.2) is 0 Å². The number of hydrazine groups is 1. The summed E-state index contributed by atoms with van der Waals surface area (Å²) in [4.78, 5) is 24.1. The van der Waals surface area contributed by atoms with E-state index >= 15 is 4.39 Å². The van der Waals surface area contributed by atoms with Crippen molar-refractivity contribution in [2.75, 3.05) is 44.2 Å². The van der Waals surface area contributed by atoms with E-state index in [1.807, 2.05) is 0 Å². The maximum Gasteiger partial charge on any atom is 0.225 e. The second-order valence-corrected chi connectivity index (χ2v) is 21.9. The Morgan fingerprint density at radius 2 is 1.81 bits per heavy atom. The predicted molar refractivity (Wildman–Crippen MR) is 246 cm³/mol. The zero-order valence-corrected chi connectivity index (χ0v) is 39.0. The molecule has 0 bridgehead atoms. The van der Waals surface area contributed by atoms with Gasteiger partial charge in [-0.1, -0.05) is 65.3 Å². The number of carbonyl (C=O) groups excluding carboxylic acids is 1. The van der Waals surface area contributed by atoms with Crippen LogP contribution in [0.25, 0.3) is 0 Å². The van der Waals surface area contributed by atoms with E-state index in [2.05, 4.69) is 138 Å². The number of hydrogen-bond donors (Lipinski definition) is 7. The van der Waals surface area contributed by atoms with Gasteiger partial charge in [0, 0.05) is 90.7 Å². The molecule has 1 aliphatic carbocycles. The molecule has 0 spiro atoms. The van der Waals surface area contributed by atoms with Crippen LogP contribution in [0.15, 0.2) is 47.5 Å². The number of halogens is 2. The van der Waals surface area contributed by atoms with Crippen LogP contribution >= 0.6 is 23.4 Å². The summed E-state index contributed by atoms with van der Waals surface area (Å²) in [6.45, 7) is 18.9. The second-order valence-electron chi connectivity index (χ2n) is 20.0. The SMILES string of the molecule is CC1SC2C(C(c3ccc(N4C[C@H](F)C[C@@H](NC5NCC(C(=O)NC6C(C)(C)C(Oc7ccc(C#N)c(Cl)c7)C6(C)C)CN5)C4)cc3)=NC(CC3NCCO3)C3NNC(C)N32)C1C. The quantitative estimate of drug-likeness (QED) is 0.183. The Bertz CT molecular complexity index is 2040. The highest BCUT2D eigenvalue weighted by Gasteiger charge is 2.64. The topological polar surface area (TPSA) is 162 Å². The molecule has 8 unspecified atom stereocenters. The molecule has 17 heteroatoms. The number of rotatable bonds is 10. The number of fused-ring (bicyclic) bond motifs is 3. The van der Waals surface area contributed by atoms with Crippen LogP contribution in [0.5, 0.6) is 5.75 Å². The predicted octanol–water partition coefficient (Wildman–Crippen LogP) is 4.11. The maximum absolute atomic E-state index is 15.5. The van der Waals surface area contributed by atoms with Crippen molar-refractivity contribution in [1.29, 1.82) is 5.26 Å². The fourth-order valence-corrected chi connectivity index (χ4v) is 13.9. The zero-order valence-electron chi connectivity index (χ0n) is 37.5. The van der Waals surface area contributed by atoms with E-state index in [1.54, 1.807) is 18.2 Å². The number of anilines is 1. The monoisotopic (exact) mass is 905 g/mol. The number of thioether (sulfide) groups is 1. The number of aliphatic imine (C=N–C) groups is 1. The van der Waals surface area contributed by atoms with Gasteiger partial charge in [0.25, 0.3) is 0 Å². The summed E-state index contributed by atoms with van der Waals surface area (Å²) in [5.74, 6) is 1.01. The van der Waals surface area contributed by atoms with Crippen LogP contribution in [0.3, 0.4) is 0 Å². The van der Waals surface area contributed by atoms with Gasteiger partial charge in [0.1, 0.15) is 36.6 Å². The lowest BCUT2D eigenvalue weighted by atomic mass is 9.49. The highest BCUT2D eigenvalue weighted by atomic mass is 35.5. The summed E-state index contributed by atoms with van der Waals surface area (Å²) in [6, 6.07) is 15.6. The van der Waals surface area contributed by atoms with Gasteiger partial charge >= 0.3 is 0 Å². The van der Waals surface area contributed by atoms with Crippen molar-refractivity contribution in [2.45, 2.75) is 127 Å². The molecular weight excluding hydrogens is 841 g/mol. The molecule has 10 atom stereocenters. The van der Waals surface area contributed by atoms with Crippen LogP contribution in [0.1, 0.15) is 72.4 Å². The Hall–Kier alpha value is -3.08. The molecule has 6 aliphatic heterocycles. The lowest BCUT2D eigenvalue weighted by Gasteiger charge is -2.63. The first kappa shape index (κ1) is 45.1. The number of hydrogen-bond acceptors (Lipinski definition) is 14. The van der Waals surface area contributed by atoms with Crippen LogP contribution in [0.4, 0.5) is 10.1 Å². The smallest absolute Gasteiger partial charge is 0.225 e. The summed E-state index contributed by atoms with van der Waals surface area (Å²) >= 11 is 8.34. The lowest BCUT2D eigenvalue weighted by Crippen LogP contribution is -2.75. The van der Waals surface area contributed by atoms with E-state index in [9.17, 15) is 10.1 Å². The number of nitrogens with one attached hydrogen (secondary N) is 7. The van der Waals surface area contributed by atoms with Gasteiger partial charge in [-0.3, -0.25) is 36.0 Å². The molecule has 6 heterocycles. The molecule has 1 saturated carbocycles. The largest absolute Gasteiger partial charge is 0.489 e. The van der Waals surface area contributed by atoms with Crippen molar-refractivity contribution >= 4 is 40.7 Å². The van der Waals surface area contributed by atoms with Gasteiger partial charge in [0.2, 0.25) is 5.91 Å². The van der Waals surface area contributed by atoms with Crippen molar-refractivity contribution in [3.8, 4) is 11.8 Å². The number of nitrogens with zero attached hydrogens (tertiary/aromatic N) is 4. The van der Waals surface area contributed by atoms with Gasteiger partial charge in [-0.2, -0.15) is 5.26 Å². The molecule has 14 nitrogen and oxygen atoms in total. The molecule has 2 aromatic carbocycles. The number of carbonyl (C=O) groups is 1. The van der Waals surface area contributed by atoms with Gasteiger partial charge in [-0.05, 0) is 49.1 Å². The van der Waals surface area contributed by atoms with Gasteiger partial charge < -0.3 is 19.7 Å². The number of benzene rings is 2. The first-order chi connectivity index (χ1) is 30.1. The summed E-state index contributed by atoms with van der Waals surface area (Å²) < 4.78 is 28.0. The average Bonchev–Trinajstić information content (AvgIpc) is 3.97. The summed E-state index contributed by atoms with van der Waals surface area (Å²) in [5, 5.41) is 27.8. The van der Waals surface area contributed by atoms with E-state index in [0.717, 1.165) is 36.5 Å². The molecule has 9 rings (SSSR count). The molecule has 7 aliphatic rings. The molecule has 1 amide bonds. The Labute approximate surface area is 380 Å². The Morgan fingerprint density at radius 1 is 1.06 bits per heavy atom. The van der Waals surface area contributed by atoms with Gasteiger partial charge in [-0.15, -0.1) is 11.8 Å². The van der Waals surface area contributed by atoms with Crippen LogP contribution in [0, 0.1) is 39.9 Å². The van der Waals surface area contributed by atoms with Crippen LogP contribution in [-0.2, 0) is 9.53 Å². The molecule has 5 saturated heterocycles. The van der Waals surface area contributed by atoms with Gasteiger partial charge in [-0.25, -0.2) is 15.2 Å². The number of ether oxygens (including phenoxy) is 2. The fourth-order valence-electron chi connectivity index (χ4n) is 11.8. The third kappa shape index (κ3) is 8.72. The molecule has 342 valence electrons. The van der Waals surface area contributed by atoms with Crippen LogP contribution in [-0.4, -0.2) is 122 Å². The first-order valence-corrected chi connectivity index (χ1v) is 24.2. The normalized spacial score (nSPS) is 38.4. The standard InChI is InChI=1S/C46H65ClFN11O3S/c1-24-25(2)63-41-37(24)38(54-35(18-36-50-14-15-61-36)39-57-56-26(3)59(39)41)27-8-11-32(12-9-27)58-22-30(48)16-31(23-58)53-44-51-20-29(21-52-44)40(60)55-42-45(4,5)43(46(42,6)7)62-33-13-10-28(19-49)34(47)17-33/h8-13,17,24-26,29-31,35-37,39,41-44,50-53,56-57H,14-16,18,20-23H2,1-7H3,(H,55,60)/t24?,25?,26?,29?,30-,31-,35?,36?,37?,39?,41?,42?,43?,44?/m1/s1. The summed E-state index contributed by atoms with van der Waals surface area (Å²) in [7, 11) is 0. The Balaban J connectivity index is 0.811. The van der Waals surface area contributed by atoms with Crippen LogP contribution in [0.2, 0.25) is 5.02 Å².